The summed E-state index contributed by atoms with van der Waals surface area (Å²) in [5.74, 6) is -0.276. The monoisotopic (exact) mass is 191 g/mol. The van der Waals surface area contributed by atoms with E-state index in [2.05, 4.69) is 4.72 Å². The molecule has 0 heterocycles. The maximum atomic E-state index is 10.8. The third-order valence-corrected chi connectivity index (χ3v) is 1.67. The lowest BCUT2D eigenvalue weighted by atomic mass is 10.3. The van der Waals surface area contributed by atoms with Gasteiger partial charge in [-0.3, -0.25) is 9.52 Å². The van der Waals surface area contributed by atoms with Crippen LogP contribution in [-0.2, 0) is 14.8 Å². The highest BCUT2D eigenvalue weighted by molar-refractivity contribution is 7.88. The van der Waals surface area contributed by atoms with Gasteiger partial charge in [0.15, 0.2) is 5.78 Å². The molecule has 0 aromatic rings. The molecule has 0 aliphatic carbocycles. The summed E-state index contributed by atoms with van der Waals surface area (Å²) in [6, 6.07) is 0. The van der Waals surface area contributed by atoms with Crippen molar-refractivity contribution >= 4 is 15.8 Å². The number of carbonyl (C=O) groups is 1. The van der Waals surface area contributed by atoms with Gasteiger partial charge in [0.2, 0.25) is 10.0 Å². The Hall–Kier alpha value is -0.840. The van der Waals surface area contributed by atoms with Gasteiger partial charge in [-0.2, -0.15) is 0 Å². The first kappa shape index (κ1) is 11.2. The Morgan fingerprint density at radius 2 is 2.00 bits per heavy atom. The van der Waals surface area contributed by atoms with E-state index in [1.54, 1.807) is 6.08 Å². The fourth-order valence-electron chi connectivity index (χ4n) is 0.661. The number of allylic oxidation sites excluding steroid dienone is 2. The standard InChI is InChI=1S/C7H13NO3S/c1-4-5-7(6(2)9)8-12(3,10)11/h5,8H,4H2,1-3H3. The quantitative estimate of drug-likeness (QED) is 0.655. The molecule has 12 heavy (non-hydrogen) atoms. The third kappa shape index (κ3) is 4.90. The van der Waals surface area contributed by atoms with Gasteiger partial charge in [-0.05, 0) is 6.42 Å². The molecule has 4 nitrogen and oxygen atoms in total. The summed E-state index contributed by atoms with van der Waals surface area (Å²) in [7, 11) is -3.33. The van der Waals surface area contributed by atoms with Crippen LogP contribution in [-0.4, -0.2) is 20.5 Å². The number of nitrogens with one attached hydrogen (secondary N) is 1. The SMILES string of the molecule is CCC=C(NS(C)(=O)=O)C(C)=O. The molecule has 0 bridgehead atoms. The molecular formula is C7H13NO3S. The zero-order valence-electron chi connectivity index (χ0n) is 7.42. The second-order valence-corrected chi connectivity index (χ2v) is 4.20. The molecule has 0 aliphatic heterocycles. The molecule has 0 unspecified atom stereocenters. The molecule has 0 aromatic heterocycles. The van der Waals surface area contributed by atoms with Crippen molar-refractivity contribution in [3.05, 3.63) is 11.8 Å². The minimum atomic E-state index is -3.33. The van der Waals surface area contributed by atoms with E-state index in [4.69, 9.17) is 0 Å². The Kier molecular flexibility index (Phi) is 3.95. The number of hydrogen-bond acceptors (Lipinski definition) is 3. The average Bonchev–Trinajstić information content (AvgIpc) is 1.83. The van der Waals surface area contributed by atoms with Crippen molar-refractivity contribution in [3.63, 3.8) is 0 Å². The molecule has 70 valence electrons. The van der Waals surface area contributed by atoms with Crippen LogP contribution in [0.5, 0.6) is 0 Å². The molecule has 0 atom stereocenters. The van der Waals surface area contributed by atoms with Crippen LogP contribution < -0.4 is 4.72 Å². The Bertz CT molecular complexity index is 290. The molecular weight excluding hydrogens is 178 g/mol. The average molecular weight is 191 g/mol. The maximum Gasteiger partial charge on any atom is 0.229 e. The van der Waals surface area contributed by atoms with Gasteiger partial charge in [0.25, 0.3) is 0 Å². The van der Waals surface area contributed by atoms with Gasteiger partial charge in [-0.25, -0.2) is 8.42 Å². The number of sulfonamides is 1. The predicted molar refractivity (Wildman–Crippen MR) is 47.0 cm³/mol. The molecule has 0 saturated heterocycles. The second kappa shape index (κ2) is 4.25. The van der Waals surface area contributed by atoms with Crippen LogP contribution in [0.2, 0.25) is 0 Å². The van der Waals surface area contributed by atoms with Gasteiger partial charge in [0.1, 0.15) is 0 Å². The largest absolute Gasteiger partial charge is 0.293 e. The van der Waals surface area contributed by atoms with Gasteiger partial charge in [-0.1, -0.05) is 13.0 Å². The van der Waals surface area contributed by atoms with E-state index in [1.165, 1.54) is 6.92 Å². The number of ketones is 1. The Morgan fingerprint density at radius 3 is 2.25 bits per heavy atom. The van der Waals surface area contributed by atoms with Gasteiger partial charge < -0.3 is 0 Å². The normalized spacial score (nSPS) is 12.8. The van der Waals surface area contributed by atoms with Gasteiger partial charge >= 0.3 is 0 Å². The molecule has 5 heteroatoms. The van der Waals surface area contributed by atoms with Crippen molar-refractivity contribution in [2.75, 3.05) is 6.26 Å². The summed E-state index contributed by atoms with van der Waals surface area (Å²) in [6.07, 6.45) is 3.18. The molecule has 0 fully saturated rings. The van der Waals surface area contributed by atoms with Crippen LogP contribution in [0.25, 0.3) is 0 Å². The zero-order valence-corrected chi connectivity index (χ0v) is 8.23. The van der Waals surface area contributed by atoms with Crippen LogP contribution in [0, 0.1) is 0 Å². The van der Waals surface area contributed by atoms with Crippen LogP contribution in [0.3, 0.4) is 0 Å². The minimum Gasteiger partial charge on any atom is -0.293 e. The van der Waals surface area contributed by atoms with Crippen molar-refractivity contribution in [2.45, 2.75) is 20.3 Å². The van der Waals surface area contributed by atoms with Crippen LogP contribution in [0.15, 0.2) is 11.8 Å². The maximum absolute atomic E-state index is 10.8. The number of Topliss-reactive ketones (excluding diaryl/α,β-unsaturated/α-hetero) is 1. The van der Waals surface area contributed by atoms with E-state index in [0.29, 0.717) is 6.42 Å². The van der Waals surface area contributed by atoms with Gasteiger partial charge in [-0.15, -0.1) is 0 Å². The number of hydrogen-bond donors (Lipinski definition) is 1. The van der Waals surface area contributed by atoms with Crippen molar-refractivity contribution < 1.29 is 13.2 Å². The summed E-state index contributed by atoms with van der Waals surface area (Å²) in [5.41, 5.74) is 0.139. The number of carbonyl (C=O) groups excluding carboxylic acids is 1. The first-order valence-electron chi connectivity index (χ1n) is 3.55. The molecule has 0 aromatic carbocycles. The highest BCUT2D eigenvalue weighted by Gasteiger charge is 2.07. The highest BCUT2D eigenvalue weighted by Crippen LogP contribution is 1.95. The Morgan fingerprint density at radius 1 is 1.50 bits per heavy atom. The van der Waals surface area contributed by atoms with Crippen LogP contribution in [0.1, 0.15) is 20.3 Å². The minimum absolute atomic E-state index is 0.139. The number of rotatable bonds is 4. The fraction of sp³-hybridized carbons (Fsp3) is 0.571. The summed E-state index contributed by atoms with van der Waals surface area (Å²) < 4.78 is 23.6. The van der Waals surface area contributed by atoms with Gasteiger partial charge in [0, 0.05) is 6.92 Å². The summed E-state index contributed by atoms with van der Waals surface area (Å²) >= 11 is 0. The van der Waals surface area contributed by atoms with E-state index >= 15 is 0 Å². The van der Waals surface area contributed by atoms with E-state index in [-0.39, 0.29) is 11.5 Å². The van der Waals surface area contributed by atoms with Crippen molar-refractivity contribution in [2.24, 2.45) is 0 Å². The highest BCUT2D eigenvalue weighted by atomic mass is 32.2. The van der Waals surface area contributed by atoms with Crippen molar-refractivity contribution in [3.8, 4) is 0 Å². The zero-order chi connectivity index (χ0) is 9.78. The Labute approximate surface area is 72.7 Å². The van der Waals surface area contributed by atoms with Crippen LogP contribution >= 0.6 is 0 Å². The summed E-state index contributed by atoms with van der Waals surface area (Å²) in [4.78, 5) is 10.8. The lowest BCUT2D eigenvalue weighted by Crippen LogP contribution is -2.25. The molecule has 0 aliphatic rings. The van der Waals surface area contributed by atoms with Crippen molar-refractivity contribution in [1.29, 1.82) is 0 Å². The second-order valence-electron chi connectivity index (χ2n) is 2.46. The predicted octanol–water partition coefficient (Wildman–Crippen LogP) is 0.418. The lowest BCUT2D eigenvalue weighted by molar-refractivity contribution is -0.113. The fourth-order valence-corrected chi connectivity index (χ4v) is 1.29. The van der Waals surface area contributed by atoms with E-state index in [0.717, 1.165) is 6.26 Å². The lowest BCUT2D eigenvalue weighted by Gasteiger charge is -2.04. The molecule has 0 spiro atoms. The van der Waals surface area contributed by atoms with E-state index in [1.807, 2.05) is 6.92 Å². The molecule has 1 N–H and O–H groups in total. The molecule has 0 radical (unpaired) electrons. The molecule has 0 amide bonds. The van der Waals surface area contributed by atoms with Crippen molar-refractivity contribution in [1.82, 2.24) is 4.72 Å². The Balaban J connectivity index is 4.58. The third-order valence-electron chi connectivity index (χ3n) is 1.08. The topological polar surface area (TPSA) is 63.2 Å². The summed E-state index contributed by atoms with van der Waals surface area (Å²) in [5, 5.41) is 0. The first-order valence-corrected chi connectivity index (χ1v) is 5.45. The first-order chi connectivity index (χ1) is 5.37. The summed E-state index contributed by atoms with van der Waals surface area (Å²) in [6.45, 7) is 3.15. The molecule has 0 saturated carbocycles. The molecule has 0 rings (SSSR count). The smallest absolute Gasteiger partial charge is 0.229 e. The van der Waals surface area contributed by atoms with Gasteiger partial charge in [0.05, 0.1) is 12.0 Å². The van der Waals surface area contributed by atoms with E-state index in [9.17, 15) is 13.2 Å². The van der Waals surface area contributed by atoms with E-state index < -0.39 is 10.0 Å². The van der Waals surface area contributed by atoms with Crippen LogP contribution in [0.4, 0.5) is 0 Å².